The lowest BCUT2D eigenvalue weighted by molar-refractivity contribution is -0.122. The maximum Gasteiger partial charge on any atom is 0.236 e. The first-order chi connectivity index (χ1) is 9.52. The average molecular weight is 275 g/mol. The average Bonchev–Trinajstić information content (AvgIpc) is 2.71. The highest BCUT2D eigenvalue weighted by atomic mass is 16.2. The second-order valence-corrected chi connectivity index (χ2v) is 4.92. The first-order valence-corrected chi connectivity index (χ1v) is 6.82. The van der Waals surface area contributed by atoms with E-state index in [9.17, 15) is 4.79 Å². The second kappa shape index (κ2) is 6.00. The van der Waals surface area contributed by atoms with E-state index in [0.29, 0.717) is 13.1 Å². The zero-order valence-corrected chi connectivity index (χ0v) is 12.4. The Morgan fingerprint density at radius 2 is 2.25 bits per heavy atom. The first kappa shape index (κ1) is 14.5. The van der Waals surface area contributed by atoms with Crippen LogP contribution in [0.4, 0.5) is 0 Å². The Morgan fingerprint density at radius 1 is 1.50 bits per heavy atom. The molecule has 0 aliphatic heterocycles. The molecule has 0 aliphatic rings. The molecule has 0 fully saturated rings. The third-order valence-electron chi connectivity index (χ3n) is 3.28. The summed E-state index contributed by atoms with van der Waals surface area (Å²) in [6.45, 7) is 6.99. The highest BCUT2D eigenvalue weighted by Gasteiger charge is 2.12. The van der Waals surface area contributed by atoms with Crippen molar-refractivity contribution in [3.8, 4) is 0 Å². The number of nitrogens with one attached hydrogen (secondary N) is 2. The Labute approximate surface area is 118 Å². The molecule has 1 unspecified atom stereocenters. The van der Waals surface area contributed by atoms with Crippen molar-refractivity contribution in [1.29, 1.82) is 0 Å². The molecule has 20 heavy (non-hydrogen) atoms. The van der Waals surface area contributed by atoms with Crippen molar-refractivity contribution in [2.45, 2.75) is 33.4 Å². The van der Waals surface area contributed by atoms with Gasteiger partial charge in [0.15, 0.2) is 5.65 Å². The molecule has 0 saturated carbocycles. The zero-order chi connectivity index (χ0) is 14.7. The molecule has 0 spiro atoms. The number of rotatable bonds is 5. The van der Waals surface area contributed by atoms with Gasteiger partial charge < -0.3 is 10.6 Å². The second-order valence-electron chi connectivity index (χ2n) is 4.92. The van der Waals surface area contributed by atoms with Crippen molar-refractivity contribution in [3.05, 3.63) is 23.5 Å². The number of aryl methyl sites for hydroxylation is 2. The van der Waals surface area contributed by atoms with Gasteiger partial charge in [0.25, 0.3) is 0 Å². The van der Waals surface area contributed by atoms with Gasteiger partial charge in [0.05, 0.1) is 11.7 Å². The van der Waals surface area contributed by atoms with Crippen LogP contribution in [-0.4, -0.2) is 33.3 Å². The highest BCUT2D eigenvalue weighted by molar-refractivity contribution is 5.81. The number of nitrogens with zero attached hydrogens (tertiary/aromatic N) is 3. The van der Waals surface area contributed by atoms with Gasteiger partial charge in [-0.3, -0.25) is 9.48 Å². The molecule has 0 bridgehead atoms. The summed E-state index contributed by atoms with van der Waals surface area (Å²) in [4.78, 5) is 16.1. The summed E-state index contributed by atoms with van der Waals surface area (Å²) < 4.78 is 1.78. The molecule has 2 aromatic heterocycles. The summed E-state index contributed by atoms with van der Waals surface area (Å²) in [5, 5.41) is 11.4. The minimum atomic E-state index is -0.222. The van der Waals surface area contributed by atoms with E-state index in [1.54, 1.807) is 4.68 Å². The quantitative estimate of drug-likeness (QED) is 0.850. The molecule has 0 aliphatic carbocycles. The monoisotopic (exact) mass is 275 g/mol. The highest BCUT2D eigenvalue weighted by Crippen LogP contribution is 2.16. The maximum atomic E-state index is 11.6. The van der Waals surface area contributed by atoms with Crippen molar-refractivity contribution in [3.63, 3.8) is 0 Å². The number of fused-ring (bicyclic) bond motifs is 1. The minimum Gasteiger partial charge on any atom is -0.355 e. The van der Waals surface area contributed by atoms with Gasteiger partial charge in [-0.05, 0) is 32.4 Å². The molecule has 6 heteroatoms. The van der Waals surface area contributed by atoms with Crippen LogP contribution in [0.5, 0.6) is 0 Å². The van der Waals surface area contributed by atoms with Crippen LogP contribution < -0.4 is 10.6 Å². The molecule has 2 rings (SSSR count). The van der Waals surface area contributed by atoms with Crippen LogP contribution in [-0.2, 0) is 18.4 Å². The van der Waals surface area contributed by atoms with Gasteiger partial charge in [-0.25, -0.2) is 4.98 Å². The van der Waals surface area contributed by atoms with Crippen molar-refractivity contribution in [1.82, 2.24) is 25.4 Å². The van der Waals surface area contributed by atoms with Gasteiger partial charge in [-0.2, -0.15) is 5.10 Å². The van der Waals surface area contributed by atoms with E-state index in [-0.39, 0.29) is 11.9 Å². The maximum absolute atomic E-state index is 11.6. The van der Waals surface area contributed by atoms with Gasteiger partial charge in [0.1, 0.15) is 0 Å². The smallest absolute Gasteiger partial charge is 0.236 e. The van der Waals surface area contributed by atoms with Crippen LogP contribution >= 0.6 is 0 Å². The molecule has 2 heterocycles. The van der Waals surface area contributed by atoms with Crippen molar-refractivity contribution in [2.75, 3.05) is 6.54 Å². The number of pyridine rings is 1. The van der Waals surface area contributed by atoms with E-state index in [2.05, 4.69) is 26.8 Å². The standard InChI is InChI=1S/C14H21N5O/c1-5-15-14(20)10(3)16-7-11-6-12-9(2)18-19(4)13(12)17-8-11/h6,8,10,16H,5,7H2,1-4H3,(H,15,20). The van der Waals surface area contributed by atoms with Gasteiger partial charge in [-0.1, -0.05) is 0 Å². The normalized spacial score (nSPS) is 12.6. The molecule has 108 valence electrons. The summed E-state index contributed by atoms with van der Waals surface area (Å²) >= 11 is 0. The Balaban J connectivity index is 2.07. The summed E-state index contributed by atoms with van der Waals surface area (Å²) in [6, 6.07) is 1.85. The lowest BCUT2D eigenvalue weighted by Crippen LogP contribution is -2.41. The van der Waals surface area contributed by atoms with E-state index < -0.39 is 0 Å². The number of carbonyl (C=O) groups is 1. The number of likely N-dealkylation sites (N-methyl/N-ethyl adjacent to an activating group) is 1. The van der Waals surface area contributed by atoms with Crippen LogP contribution in [0, 0.1) is 6.92 Å². The number of amides is 1. The molecule has 0 radical (unpaired) electrons. The summed E-state index contributed by atoms with van der Waals surface area (Å²) in [5.41, 5.74) is 2.89. The van der Waals surface area contributed by atoms with Crippen molar-refractivity contribution >= 4 is 16.9 Å². The summed E-state index contributed by atoms with van der Waals surface area (Å²) in [6.07, 6.45) is 1.82. The van der Waals surface area contributed by atoms with E-state index in [1.807, 2.05) is 34.0 Å². The van der Waals surface area contributed by atoms with E-state index in [0.717, 1.165) is 22.3 Å². The number of aromatic nitrogens is 3. The Bertz CT molecular complexity index is 619. The van der Waals surface area contributed by atoms with E-state index in [4.69, 9.17) is 0 Å². The van der Waals surface area contributed by atoms with Crippen LogP contribution in [0.1, 0.15) is 25.1 Å². The number of carbonyl (C=O) groups excluding carboxylic acids is 1. The fraction of sp³-hybridized carbons (Fsp3) is 0.500. The van der Waals surface area contributed by atoms with Gasteiger partial charge in [0, 0.05) is 31.7 Å². The Morgan fingerprint density at radius 3 is 2.95 bits per heavy atom. The van der Waals surface area contributed by atoms with Crippen LogP contribution in [0.25, 0.3) is 11.0 Å². The van der Waals surface area contributed by atoms with E-state index in [1.165, 1.54) is 0 Å². The van der Waals surface area contributed by atoms with Gasteiger partial charge in [-0.15, -0.1) is 0 Å². The van der Waals surface area contributed by atoms with Crippen molar-refractivity contribution in [2.24, 2.45) is 7.05 Å². The third-order valence-corrected chi connectivity index (χ3v) is 3.28. The molecule has 2 N–H and O–H groups in total. The molecular weight excluding hydrogens is 254 g/mol. The summed E-state index contributed by atoms with van der Waals surface area (Å²) in [5.74, 6) is 0.0131. The predicted octanol–water partition coefficient (Wildman–Crippen LogP) is 0.891. The lowest BCUT2D eigenvalue weighted by Gasteiger charge is -2.13. The molecule has 0 saturated heterocycles. The molecule has 6 nitrogen and oxygen atoms in total. The number of hydrogen-bond acceptors (Lipinski definition) is 4. The SMILES string of the molecule is CCNC(=O)C(C)NCc1cnc2c(c1)c(C)nn2C. The molecule has 2 aromatic rings. The Kier molecular flexibility index (Phi) is 4.34. The Hall–Kier alpha value is -1.95. The fourth-order valence-electron chi connectivity index (χ4n) is 2.14. The van der Waals surface area contributed by atoms with Gasteiger partial charge in [0.2, 0.25) is 5.91 Å². The molecule has 1 amide bonds. The van der Waals surface area contributed by atoms with E-state index >= 15 is 0 Å². The largest absolute Gasteiger partial charge is 0.355 e. The first-order valence-electron chi connectivity index (χ1n) is 6.82. The number of hydrogen-bond donors (Lipinski definition) is 2. The lowest BCUT2D eigenvalue weighted by atomic mass is 10.2. The molecule has 1 atom stereocenters. The van der Waals surface area contributed by atoms with Crippen LogP contribution in [0.15, 0.2) is 12.3 Å². The molecular formula is C14H21N5O. The topological polar surface area (TPSA) is 71.8 Å². The summed E-state index contributed by atoms with van der Waals surface area (Å²) in [7, 11) is 1.89. The van der Waals surface area contributed by atoms with Crippen molar-refractivity contribution < 1.29 is 4.79 Å². The predicted molar refractivity (Wildman–Crippen MR) is 78.2 cm³/mol. The van der Waals surface area contributed by atoms with Gasteiger partial charge >= 0.3 is 0 Å². The van der Waals surface area contributed by atoms with Crippen LogP contribution in [0.3, 0.4) is 0 Å². The zero-order valence-electron chi connectivity index (χ0n) is 12.4. The molecule has 0 aromatic carbocycles. The van der Waals surface area contributed by atoms with Crippen LogP contribution in [0.2, 0.25) is 0 Å². The minimum absolute atomic E-state index is 0.0131. The fourth-order valence-corrected chi connectivity index (χ4v) is 2.14. The third kappa shape index (κ3) is 2.96.